The maximum atomic E-state index is 2.47. The maximum absolute atomic E-state index is 2.47. The number of allylic oxidation sites excluding steroid dienone is 4. The van der Waals surface area contributed by atoms with Crippen LogP contribution in [0.3, 0.4) is 0 Å². The molecule has 1 heteroatoms. The minimum Gasteiger partial charge on any atom is -0.378 e. The van der Waals surface area contributed by atoms with Crippen molar-refractivity contribution in [3.05, 3.63) is 22.9 Å². The van der Waals surface area contributed by atoms with E-state index >= 15 is 0 Å². The van der Waals surface area contributed by atoms with E-state index in [0.717, 1.165) is 5.92 Å². The van der Waals surface area contributed by atoms with E-state index in [4.69, 9.17) is 0 Å². The van der Waals surface area contributed by atoms with Crippen molar-refractivity contribution in [2.24, 2.45) is 5.92 Å². The first-order valence-corrected chi connectivity index (χ1v) is 5.80. The summed E-state index contributed by atoms with van der Waals surface area (Å²) >= 11 is 0. The van der Waals surface area contributed by atoms with Gasteiger partial charge in [-0.3, -0.25) is 0 Å². The molecular formula is C13H21N. The lowest BCUT2D eigenvalue weighted by atomic mass is 9.88. The van der Waals surface area contributed by atoms with Gasteiger partial charge in [-0.1, -0.05) is 18.6 Å². The fraction of sp³-hybridized carbons (Fsp3) is 0.692. The monoisotopic (exact) mass is 191 g/mol. The summed E-state index contributed by atoms with van der Waals surface area (Å²) in [7, 11) is 2.25. The Labute approximate surface area is 87.5 Å². The summed E-state index contributed by atoms with van der Waals surface area (Å²) in [5, 5.41) is 0. The second-order valence-corrected chi connectivity index (χ2v) is 4.86. The number of hydrogen-bond acceptors (Lipinski definition) is 1. The van der Waals surface area contributed by atoms with Gasteiger partial charge in [0.2, 0.25) is 0 Å². The Kier molecular flexibility index (Phi) is 2.66. The van der Waals surface area contributed by atoms with E-state index in [1.54, 1.807) is 16.8 Å². The highest BCUT2D eigenvalue weighted by atomic mass is 15.1. The predicted molar refractivity (Wildman–Crippen MR) is 61.0 cm³/mol. The molecule has 0 spiro atoms. The third-order valence-electron chi connectivity index (χ3n) is 3.61. The quantitative estimate of drug-likeness (QED) is 0.567. The van der Waals surface area contributed by atoms with Crippen molar-refractivity contribution >= 4 is 0 Å². The fourth-order valence-corrected chi connectivity index (χ4v) is 2.64. The first kappa shape index (κ1) is 9.82. The Balaban J connectivity index is 2.36. The zero-order chi connectivity index (χ0) is 10.1. The molecule has 0 N–H and O–H groups in total. The van der Waals surface area contributed by atoms with Crippen LogP contribution in [0, 0.1) is 5.92 Å². The van der Waals surface area contributed by atoms with Gasteiger partial charge in [-0.05, 0) is 44.1 Å². The largest absolute Gasteiger partial charge is 0.378 e. The van der Waals surface area contributed by atoms with Crippen molar-refractivity contribution in [1.29, 1.82) is 0 Å². The second-order valence-electron chi connectivity index (χ2n) is 4.86. The normalized spacial score (nSPS) is 28.4. The van der Waals surface area contributed by atoms with Gasteiger partial charge < -0.3 is 4.90 Å². The molecule has 1 aliphatic heterocycles. The molecule has 0 aromatic carbocycles. The first-order valence-electron chi connectivity index (χ1n) is 5.80. The predicted octanol–water partition coefficient (Wildman–Crippen LogP) is 3.34. The van der Waals surface area contributed by atoms with Crippen LogP contribution in [-0.4, -0.2) is 18.5 Å². The lowest BCUT2D eigenvalue weighted by Crippen LogP contribution is -2.20. The van der Waals surface area contributed by atoms with Crippen LogP contribution in [0.4, 0.5) is 0 Å². The van der Waals surface area contributed by atoms with Crippen LogP contribution in [0.1, 0.15) is 39.5 Å². The molecule has 78 valence electrons. The van der Waals surface area contributed by atoms with Crippen LogP contribution < -0.4 is 0 Å². The Morgan fingerprint density at radius 2 is 2.14 bits per heavy atom. The number of nitrogens with zero attached hydrogens (tertiary/aromatic N) is 1. The summed E-state index contributed by atoms with van der Waals surface area (Å²) in [6.45, 7) is 5.89. The highest BCUT2D eigenvalue weighted by Crippen LogP contribution is 2.34. The topological polar surface area (TPSA) is 3.24 Å². The van der Waals surface area contributed by atoms with Gasteiger partial charge in [0, 0.05) is 19.3 Å². The number of rotatable bonds is 0. The van der Waals surface area contributed by atoms with Crippen LogP contribution in [0.2, 0.25) is 0 Å². The van der Waals surface area contributed by atoms with Crippen LogP contribution in [0.25, 0.3) is 0 Å². The molecule has 2 rings (SSSR count). The third kappa shape index (κ3) is 1.73. The van der Waals surface area contributed by atoms with Gasteiger partial charge >= 0.3 is 0 Å². The van der Waals surface area contributed by atoms with E-state index in [9.17, 15) is 0 Å². The molecular weight excluding hydrogens is 170 g/mol. The van der Waals surface area contributed by atoms with Gasteiger partial charge in [-0.25, -0.2) is 0 Å². The maximum Gasteiger partial charge on any atom is 0.0172 e. The molecule has 1 heterocycles. The average molecular weight is 191 g/mol. The van der Waals surface area contributed by atoms with Crippen molar-refractivity contribution in [1.82, 2.24) is 4.90 Å². The molecule has 0 aromatic rings. The van der Waals surface area contributed by atoms with Gasteiger partial charge in [-0.15, -0.1) is 0 Å². The van der Waals surface area contributed by atoms with Crippen molar-refractivity contribution in [2.75, 3.05) is 13.6 Å². The van der Waals surface area contributed by atoms with Crippen molar-refractivity contribution in [3.63, 3.8) is 0 Å². The Hall–Kier alpha value is -0.720. The molecule has 0 radical (unpaired) electrons. The molecule has 2 aliphatic rings. The van der Waals surface area contributed by atoms with Crippen LogP contribution in [0.5, 0.6) is 0 Å². The van der Waals surface area contributed by atoms with E-state index in [-0.39, 0.29) is 0 Å². The first-order chi connectivity index (χ1) is 6.68. The van der Waals surface area contributed by atoms with Gasteiger partial charge in [0.15, 0.2) is 0 Å². The smallest absolute Gasteiger partial charge is 0.0172 e. The lowest BCUT2D eigenvalue weighted by Gasteiger charge is -2.27. The molecule has 0 fully saturated rings. The van der Waals surface area contributed by atoms with E-state index in [1.807, 2.05) is 0 Å². The Bertz CT molecular complexity index is 286. The van der Waals surface area contributed by atoms with Crippen molar-refractivity contribution in [3.8, 4) is 0 Å². The molecule has 0 bridgehead atoms. The molecule has 1 nitrogen and oxygen atoms in total. The zero-order valence-corrected chi connectivity index (χ0v) is 9.64. The van der Waals surface area contributed by atoms with Crippen molar-refractivity contribution < 1.29 is 0 Å². The van der Waals surface area contributed by atoms with Crippen LogP contribution in [0.15, 0.2) is 22.9 Å². The molecule has 0 saturated carbocycles. The molecule has 1 unspecified atom stereocenters. The molecule has 0 aromatic heterocycles. The molecule has 1 aliphatic carbocycles. The van der Waals surface area contributed by atoms with E-state index in [1.165, 1.54) is 32.2 Å². The summed E-state index contributed by atoms with van der Waals surface area (Å²) < 4.78 is 0. The van der Waals surface area contributed by atoms with E-state index in [0.29, 0.717) is 0 Å². The minimum atomic E-state index is 0.769. The standard InChI is InChI=1S/C13H21N/c1-10-6-7-13-12(9-10)11(2)5-4-8-14(13)3/h9,11H,4-8H2,1-3H3. The molecule has 1 atom stereocenters. The summed E-state index contributed by atoms with van der Waals surface area (Å²) in [5.41, 5.74) is 4.79. The summed E-state index contributed by atoms with van der Waals surface area (Å²) in [4.78, 5) is 2.47. The second kappa shape index (κ2) is 3.80. The summed E-state index contributed by atoms with van der Waals surface area (Å²) in [5.74, 6) is 0.769. The Morgan fingerprint density at radius 1 is 1.36 bits per heavy atom. The van der Waals surface area contributed by atoms with Crippen LogP contribution >= 0.6 is 0 Å². The molecule has 14 heavy (non-hydrogen) atoms. The molecule has 0 saturated heterocycles. The zero-order valence-electron chi connectivity index (χ0n) is 9.64. The SMILES string of the molecule is CC1=CC2=C(CC1)N(C)CCCC2C. The average Bonchev–Trinajstić information content (AvgIpc) is 2.28. The Morgan fingerprint density at radius 3 is 2.93 bits per heavy atom. The van der Waals surface area contributed by atoms with E-state index in [2.05, 4.69) is 31.9 Å². The van der Waals surface area contributed by atoms with Gasteiger partial charge in [0.25, 0.3) is 0 Å². The van der Waals surface area contributed by atoms with Gasteiger partial charge in [0.1, 0.15) is 0 Å². The highest BCUT2D eigenvalue weighted by Gasteiger charge is 2.21. The molecule has 0 amide bonds. The fourth-order valence-electron chi connectivity index (χ4n) is 2.64. The highest BCUT2D eigenvalue weighted by molar-refractivity contribution is 5.34. The van der Waals surface area contributed by atoms with Gasteiger partial charge in [-0.2, -0.15) is 0 Å². The van der Waals surface area contributed by atoms with Gasteiger partial charge in [0.05, 0.1) is 0 Å². The number of hydrogen-bond donors (Lipinski definition) is 0. The minimum absolute atomic E-state index is 0.769. The third-order valence-corrected chi connectivity index (χ3v) is 3.61. The lowest BCUT2D eigenvalue weighted by molar-refractivity contribution is 0.396. The summed E-state index contributed by atoms with van der Waals surface area (Å²) in [6, 6.07) is 0. The van der Waals surface area contributed by atoms with E-state index < -0.39 is 0 Å². The van der Waals surface area contributed by atoms with Crippen LogP contribution in [-0.2, 0) is 0 Å². The summed E-state index contributed by atoms with van der Waals surface area (Å²) in [6.07, 6.45) is 7.66. The van der Waals surface area contributed by atoms with Crippen molar-refractivity contribution in [2.45, 2.75) is 39.5 Å².